The Morgan fingerprint density at radius 2 is 1.73 bits per heavy atom. The summed E-state index contributed by atoms with van der Waals surface area (Å²) in [5.41, 5.74) is 3.50. The standard InChI is InChI=1S/C23H31NO2/c1-18-11-13-21(14-12-18)23(20-9-4-3-5-10-20)26-17-22(25)16-24-15-7-6-8-19(24)2/h3-5,9-14,19,22-23,25H,6-8,15-17H2,1-2H3/p+1/t19-,22-,23+/m1/s1. The zero-order valence-corrected chi connectivity index (χ0v) is 16.0. The van der Waals surface area contributed by atoms with Gasteiger partial charge in [-0.15, -0.1) is 0 Å². The second-order valence-electron chi connectivity index (χ2n) is 7.70. The van der Waals surface area contributed by atoms with Crippen LogP contribution in [-0.4, -0.2) is 36.9 Å². The van der Waals surface area contributed by atoms with E-state index in [0.717, 1.165) is 24.2 Å². The molecule has 0 radical (unpaired) electrons. The topological polar surface area (TPSA) is 33.9 Å². The number of likely N-dealkylation sites (tertiary alicyclic amines) is 1. The number of ether oxygens (including phenoxy) is 1. The van der Waals surface area contributed by atoms with Crippen molar-refractivity contribution in [1.82, 2.24) is 0 Å². The molecular weight excluding hydrogens is 322 g/mol. The Bertz CT molecular complexity index is 656. The van der Waals surface area contributed by atoms with Crippen LogP contribution in [0.5, 0.6) is 0 Å². The smallest absolute Gasteiger partial charge is 0.126 e. The maximum absolute atomic E-state index is 10.6. The van der Waals surface area contributed by atoms with E-state index in [2.05, 4.69) is 50.2 Å². The van der Waals surface area contributed by atoms with Crippen LogP contribution in [0.2, 0.25) is 0 Å². The van der Waals surface area contributed by atoms with Gasteiger partial charge in [0.15, 0.2) is 0 Å². The number of benzene rings is 2. The summed E-state index contributed by atoms with van der Waals surface area (Å²) >= 11 is 0. The van der Waals surface area contributed by atoms with Gasteiger partial charge in [-0.05, 0) is 44.2 Å². The molecule has 2 aromatic carbocycles. The van der Waals surface area contributed by atoms with Gasteiger partial charge in [-0.3, -0.25) is 0 Å². The number of aryl methyl sites for hydroxylation is 1. The first-order valence-corrected chi connectivity index (χ1v) is 9.89. The summed E-state index contributed by atoms with van der Waals surface area (Å²) in [6.45, 7) is 6.69. The van der Waals surface area contributed by atoms with Crippen molar-refractivity contribution in [3.8, 4) is 0 Å². The summed E-state index contributed by atoms with van der Waals surface area (Å²) in [5, 5.41) is 10.6. The molecule has 2 aromatic rings. The van der Waals surface area contributed by atoms with Crippen LogP contribution in [0.25, 0.3) is 0 Å². The van der Waals surface area contributed by atoms with Crippen LogP contribution < -0.4 is 4.90 Å². The van der Waals surface area contributed by atoms with Gasteiger partial charge in [0.1, 0.15) is 18.8 Å². The first-order chi connectivity index (χ1) is 12.6. The van der Waals surface area contributed by atoms with Crippen LogP contribution in [-0.2, 0) is 4.74 Å². The Morgan fingerprint density at radius 3 is 2.42 bits per heavy atom. The van der Waals surface area contributed by atoms with Gasteiger partial charge in [0.05, 0.1) is 19.2 Å². The molecule has 0 aromatic heterocycles. The van der Waals surface area contributed by atoms with E-state index in [9.17, 15) is 5.11 Å². The first-order valence-electron chi connectivity index (χ1n) is 9.89. The van der Waals surface area contributed by atoms with E-state index in [1.54, 1.807) is 0 Å². The highest BCUT2D eigenvalue weighted by molar-refractivity contribution is 5.31. The van der Waals surface area contributed by atoms with Crippen LogP contribution in [0.3, 0.4) is 0 Å². The molecule has 26 heavy (non-hydrogen) atoms. The fraction of sp³-hybridized carbons (Fsp3) is 0.478. The minimum Gasteiger partial charge on any atom is -0.385 e. The Labute approximate surface area is 157 Å². The van der Waals surface area contributed by atoms with Crippen molar-refractivity contribution in [1.29, 1.82) is 0 Å². The molecule has 2 N–H and O–H groups in total. The Hall–Kier alpha value is -1.68. The first kappa shape index (κ1) is 19.1. The Kier molecular flexibility index (Phi) is 6.84. The fourth-order valence-corrected chi connectivity index (χ4v) is 3.88. The van der Waals surface area contributed by atoms with E-state index in [4.69, 9.17) is 4.74 Å². The van der Waals surface area contributed by atoms with Gasteiger partial charge in [0.2, 0.25) is 0 Å². The van der Waals surface area contributed by atoms with Gasteiger partial charge in [0.25, 0.3) is 0 Å². The second kappa shape index (κ2) is 9.31. The molecule has 1 heterocycles. The highest BCUT2D eigenvalue weighted by Gasteiger charge is 2.25. The van der Waals surface area contributed by atoms with Crippen molar-refractivity contribution < 1.29 is 14.7 Å². The normalized spacial score (nSPS) is 22.7. The van der Waals surface area contributed by atoms with Crippen molar-refractivity contribution in [2.45, 2.75) is 51.4 Å². The van der Waals surface area contributed by atoms with E-state index in [1.165, 1.54) is 29.7 Å². The number of piperidine rings is 1. The molecule has 0 bridgehead atoms. The van der Waals surface area contributed by atoms with Crippen molar-refractivity contribution >= 4 is 0 Å². The number of quaternary nitrogens is 1. The lowest BCUT2D eigenvalue weighted by Crippen LogP contribution is -3.17. The summed E-state index contributed by atoms with van der Waals surface area (Å²) in [6, 6.07) is 19.4. The Morgan fingerprint density at radius 1 is 1.04 bits per heavy atom. The molecule has 140 valence electrons. The minimum atomic E-state index is -0.429. The average Bonchev–Trinajstić information content (AvgIpc) is 2.66. The highest BCUT2D eigenvalue weighted by Crippen LogP contribution is 2.26. The van der Waals surface area contributed by atoms with Crippen molar-refractivity contribution in [2.75, 3.05) is 19.7 Å². The lowest BCUT2D eigenvalue weighted by Gasteiger charge is -2.32. The predicted octanol–water partition coefficient (Wildman–Crippen LogP) is 2.92. The SMILES string of the molecule is Cc1ccc([C@@H](OC[C@H](O)C[NH+]2CCCC[C@H]2C)c2ccccc2)cc1. The van der Waals surface area contributed by atoms with Crippen molar-refractivity contribution in [2.24, 2.45) is 0 Å². The van der Waals surface area contributed by atoms with Crippen molar-refractivity contribution in [3.63, 3.8) is 0 Å². The third-order valence-electron chi connectivity index (χ3n) is 5.52. The van der Waals surface area contributed by atoms with Crippen LogP contribution in [0, 0.1) is 6.92 Å². The molecule has 3 nitrogen and oxygen atoms in total. The van der Waals surface area contributed by atoms with E-state index in [0.29, 0.717) is 12.6 Å². The highest BCUT2D eigenvalue weighted by atomic mass is 16.5. The molecule has 0 saturated carbocycles. The summed E-state index contributed by atoms with van der Waals surface area (Å²) in [5.74, 6) is 0. The fourth-order valence-electron chi connectivity index (χ4n) is 3.88. The lowest BCUT2D eigenvalue weighted by molar-refractivity contribution is -0.931. The predicted molar refractivity (Wildman–Crippen MR) is 105 cm³/mol. The quantitative estimate of drug-likeness (QED) is 0.802. The second-order valence-corrected chi connectivity index (χ2v) is 7.70. The molecular formula is C23H32NO2+. The van der Waals surface area contributed by atoms with Crippen LogP contribution in [0.1, 0.15) is 49.0 Å². The summed E-state index contributed by atoms with van der Waals surface area (Å²) < 4.78 is 6.23. The number of rotatable bonds is 7. The van der Waals surface area contributed by atoms with Crippen LogP contribution in [0.15, 0.2) is 54.6 Å². The summed E-state index contributed by atoms with van der Waals surface area (Å²) in [7, 11) is 0. The van der Waals surface area contributed by atoms with E-state index in [-0.39, 0.29) is 6.10 Å². The summed E-state index contributed by atoms with van der Waals surface area (Å²) in [4.78, 5) is 1.51. The van der Waals surface area contributed by atoms with Crippen LogP contribution >= 0.6 is 0 Å². The number of nitrogens with one attached hydrogen (secondary N) is 1. The zero-order chi connectivity index (χ0) is 18.4. The van der Waals surface area contributed by atoms with Gasteiger partial charge in [-0.25, -0.2) is 0 Å². The molecule has 3 rings (SSSR count). The monoisotopic (exact) mass is 354 g/mol. The Balaban J connectivity index is 1.65. The zero-order valence-electron chi connectivity index (χ0n) is 16.0. The van der Waals surface area contributed by atoms with Gasteiger partial charge >= 0.3 is 0 Å². The molecule has 1 unspecified atom stereocenters. The number of aliphatic hydroxyl groups is 1. The van der Waals surface area contributed by atoms with Gasteiger partial charge < -0.3 is 14.7 Å². The maximum Gasteiger partial charge on any atom is 0.126 e. The summed E-state index contributed by atoms with van der Waals surface area (Å²) in [6.07, 6.45) is 3.28. The lowest BCUT2D eigenvalue weighted by atomic mass is 10.0. The van der Waals surface area contributed by atoms with Gasteiger partial charge in [-0.1, -0.05) is 60.2 Å². The molecule has 0 amide bonds. The molecule has 0 aliphatic carbocycles. The molecule has 3 heteroatoms. The molecule has 1 aliphatic rings. The number of hydrogen-bond acceptors (Lipinski definition) is 2. The molecule has 4 atom stereocenters. The number of hydrogen-bond donors (Lipinski definition) is 2. The third-order valence-corrected chi connectivity index (χ3v) is 5.52. The minimum absolute atomic E-state index is 0.139. The van der Waals surface area contributed by atoms with Gasteiger partial charge in [-0.2, -0.15) is 0 Å². The van der Waals surface area contributed by atoms with E-state index >= 15 is 0 Å². The van der Waals surface area contributed by atoms with Gasteiger partial charge in [0, 0.05) is 0 Å². The van der Waals surface area contributed by atoms with E-state index in [1.807, 2.05) is 18.2 Å². The van der Waals surface area contributed by atoms with Crippen LogP contribution in [0.4, 0.5) is 0 Å². The number of aliphatic hydroxyl groups excluding tert-OH is 1. The molecule has 1 fully saturated rings. The molecule has 1 saturated heterocycles. The largest absolute Gasteiger partial charge is 0.385 e. The van der Waals surface area contributed by atoms with E-state index < -0.39 is 6.10 Å². The molecule has 0 spiro atoms. The molecule has 1 aliphatic heterocycles. The third kappa shape index (κ3) is 5.16. The average molecular weight is 355 g/mol. The maximum atomic E-state index is 10.6. The van der Waals surface area contributed by atoms with Crippen molar-refractivity contribution in [3.05, 3.63) is 71.3 Å².